The number of quaternary nitrogens is 1. The molecule has 0 aliphatic rings. The summed E-state index contributed by atoms with van der Waals surface area (Å²) in [6, 6.07) is 0. The molecule has 0 amide bonds. The second-order valence-corrected chi connectivity index (χ2v) is 3.74. The monoisotopic (exact) mass is 172 g/mol. The zero-order chi connectivity index (χ0) is 9.94. The van der Waals surface area contributed by atoms with E-state index in [2.05, 4.69) is 0 Å². The molecule has 0 saturated heterocycles. The van der Waals surface area contributed by atoms with Crippen LogP contribution in [0.4, 0.5) is 0 Å². The van der Waals surface area contributed by atoms with E-state index < -0.39 is 5.97 Å². The van der Waals surface area contributed by atoms with Crippen LogP contribution < -0.4 is 0 Å². The maximum Gasteiger partial charge on any atom is 0.337 e. The van der Waals surface area contributed by atoms with Crippen LogP contribution in [0.25, 0.3) is 0 Å². The van der Waals surface area contributed by atoms with Gasteiger partial charge >= 0.3 is 5.97 Å². The highest BCUT2D eigenvalue weighted by atomic mass is 16.4. The number of carboxylic acid groups (broad SMARTS) is 1. The Hall–Kier alpha value is -0.830. The van der Waals surface area contributed by atoms with Gasteiger partial charge in [0, 0.05) is 6.92 Å². The second-order valence-electron chi connectivity index (χ2n) is 3.74. The van der Waals surface area contributed by atoms with Crippen molar-refractivity contribution < 1.29 is 14.4 Å². The Balaban J connectivity index is 4.99. The smallest absolute Gasteiger partial charge is 0.337 e. The van der Waals surface area contributed by atoms with Crippen molar-refractivity contribution in [1.82, 2.24) is 0 Å². The number of carboxylic acids is 1. The predicted octanol–water partition coefficient (Wildman–Crippen LogP) is 1.46. The number of hydrogen-bond donors (Lipinski definition) is 1. The molecule has 0 aliphatic heterocycles. The van der Waals surface area contributed by atoms with Gasteiger partial charge < -0.3 is 9.59 Å². The van der Waals surface area contributed by atoms with E-state index in [0.29, 0.717) is 16.5 Å². The normalized spacial score (nSPS) is 14.1. The van der Waals surface area contributed by atoms with Crippen molar-refractivity contribution in [2.75, 3.05) is 21.1 Å². The minimum absolute atomic E-state index is 0.516. The molecule has 0 aromatic rings. The third-order valence-electron chi connectivity index (χ3n) is 2.05. The van der Waals surface area contributed by atoms with E-state index in [4.69, 9.17) is 5.11 Å². The fourth-order valence-electron chi connectivity index (χ4n) is 0.967. The summed E-state index contributed by atoms with van der Waals surface area (Å²) < 4.78 is 0.579. The maximum absolute atomic E-state index is 10.8. The first-order chi connectivity index (χ1) is 5.30. The molecule has 0 aromatic heterocycles. The van der Waals surface area contributed by atoms with E-state index in [0.717, 1.165) is 5.70 Å². The number of allylic oxidation sites excluding steroid dienone is 1. The first-order valence-corrected chi connectivity index (χ1v) is 4.05. The average Bonchev–Trinajstić information content (AvgIpc) is 1.86. The number of nitrogens with zero attached hydrogens (tertiary/aromatic N) is 1. The van der Waals surface area contributed by atoms with E-state index in [1.807, 2.05) is 35.0 Å². The van der Waals surface area contributed by atoms with Gasteiger partial charge in [0.1, 0.15) is 5.70 Å². The van der Waals surface area contributed by atoms with Gasteiger partial charge in [0.15, 0.2) is 0 Å². The lowest BCUT2D eigenvalue weighted by molar-refractivity contribution is -0.831. The summed E-state index contributed by atoms with van der Waals surface area (Å²) in [5, 5.41) is 8.84. The molecule has 0 aliphatic carbocycles. The molecule has 0 saturated carbocycles. The Kier molecular flexibility index (Phi) is 3.46. The van der Waals surface area contributed by atoms with Crippen molar-refractivity contribution in [3.05, 3.63) is 11.3 Å². The summed E-state index contributed by atoms with van der Waals surface area (Å²) in [6.45, 7) is 3.73. The number of aliphatic carboxylic acids is 1. The third-order valence-corrected chi connectivity index (χ3v) is 2.05. The second kappa shape index (κ2) is 3.72. The zero-order valence-electron chi connectivity index (χ0n) is 8.51. The van der Waals surface area contributed by atoms with E-state index in [9.17, 15) is 4.79 Å². The van der Waals surface area contributed by atoms with Gasteiger partial charge in [0.2, 0.25) is 0 Å². The molecule has 0 rings (SSSR count). The molecule has 12 heavy (non-hydrogen) atoms. The van der Waals surface area contributed by atoms with Crippen molar-refractivity contribution in [2.24, 2.45) is 0 Å². The van der Waals surface area contributed by atoms with Crippen LogP contribution >= 0.6 is 0 Å². The summed E-state index contributed by atoms with van der Waals surface area (Å²) in [5.41, 5.74) is 1.42. The number of rotatable bonds is 3. The van der Waals surface area contributed by atoms with Gasteiger partial charge in [-0.05, 0) is 6.42 Å². The Morgan fingerprint density at radius 3 is 1.83 bits per heavy atom. The van der Waals surface area contributed by atoms with Gasteiger partial charge in [-0.25, -0.2) is 4.79 Å². The Labute approximate surface area is 73.9 Å². The fourth-order valence-corrected chi connectivity index (χ4v) is 0.967. The van der Waals surface area contributed by atoms with Crippen LogP contribution in [0.1, 0.15) is 20.3 Å². The van der Waals surface area contributed by atoms with Crippen molar-refractivity contribution in [2.45, 2.75) is 20.3 Å². The van der Waals surface area contributed by atoms with Crippen LogP contribution in [0.2, 0.25) is 0 Å². The molecule has 0 atom stereocenters. The van der Waals surface area contributed by atoms with Crippen LogP contribution in [0.5, 0.6) is 0 Å². The highest BCUT2D eigenvalue weighted by Crippen LogP contribution is 2.15. The Morgan fingerprint density at radius 1 is 1.33 bits per heavy atom. The van der Waals surface area contributed by atoms with Crippen LogP contribution in [-0.2, 0) is 4.79 Å². The van der Waals surface area contributed by atoms with Gasteiger partial charge in [-0.1, -0.05) is 6.92 Å². The molecule has 0 unspecified atom stereocenters. The predicted molar refractivity (Wildman–Crippen MR) is 48.7 cm³/mol. The van der Waals surface area contributed by atoms with Crippen LogP contribution in [0.3, 0.4) is 0 Å². The van der Waals surface area contributed by atoms with E-state index >= 15 is 0 Å². The van der Waals surface area contributed by atoms with Crippen LogP contribution in [0.15, 0.2) is 11.3 Å². The summed E-state index contributed by atoms with van der Waals surface area (Å²) in [7, 11) is 5.90. The fraction of sp³-hybridized carbons (Fsp3) is 0.667. The minimum Gasteiger partial charge on any atom is -0.478 e. The number of hydrogen-bond acceptors (Lipinski definition) is 1. The van der Waals surface area contributed by atoms with Gasteiger partial charge in [-0.2, -0.15) is 0 Å². The van der Waals surface area contributed by atoms with E-state index in [-0.39, 0.29) is 0 Å². The first kappa shape index (κ1) is 11.2. The summed E-state index contributed by atoms with van der Waals surface area (Å²) in [5.74, 6) is -0.803. The van der Waals surface area contributed by atoms with Gasteiger partial charge in [0.05, 0.1) is 26.7 Å². The summed E-state index contributed by atoms with van der Waals surface area (Å²) >= 11 is 0. The molecule has 0 radical (unpaired) electrons. The maximum atomic E-state index is 10.8. The highest BCUT2D eigenvalue weighted by Gasteiger charge is 2.19. The van der Waals surface area contributed by atoms with Crippen molar-refractivity contribution in [3.8, 4) is 0 Å². The minimum atomic E-state index is -0.803. The summed E-state index contributed by atoms with van der Waals surface area (Å²) in [4.78, 5) is 10.8. The van der Waals surface area contributed by atoms with Crippen molar-refractivity contribution in [3.63, 3.8) is 0 Å². The lowest BCUT2D eigenvalue weighted by Gasteiger charge is -2.25. The summed E-state index contributed by atoms with van der Waals surface area (Å²) in [6.07, 6.45) is 0.580. The first-order valence-electron chi connectivity index (χ1n) is 4.05. The standard InChI is InChI=1S/C9H17NO2/c1-6-8(9(11)12)7(2)10(3,4)5/h6H2,1-5H3/p+1. The number of carbonyl (C=O) groups is 1. The highest BCUT2D eigenvalue weighted by molar-refractivity contribution is 5.86. The Morgan fingerprint density at radius 2 is 1.75 bits per heavy atom. The molecular formula is C9H18NO2+. The molecular weight excluding hydrogens is 154 g/mol. The van der Waals surface area contributed by atoms with Gasteiger partial charge in [-0.3, -0.25) is 0 Å². The molecule has 0 bridgehead atoms. The van der Waals surface area contributed by atoms with E-state index in [1.165, 1.54) is 0 Å². The molecule has 1 N–H and O–H groups in total. The van der Waals surface area contributed by atoms with Crippen molar-refractivity contribution >= 4 is 5.97 Å². The largest absolute Gasteiger partial charge is 0.478 e. The molecule has 0 aromatic carbocycles. The SMILES string of the molecule is CCC(C(=O)O)=C(C)[N+](C)(C)C. The lowest BCUT2D eigenvalue weighted by Crippen LogP contribution is -2.34. The van der Waals surface area contributed by atoms with Crippen LogP contribution in [0, 0.1) is 0 Å². The molecule has 3 nitrogen and oxygen atoms in total. The molecule has 0 fully saturated rings. The molecule has 3 heteroatoms. The van der Waals surface area contributed by atoms with Crippen LogP contribution in [-0.4, -0.2) is 36.7 Å². The van der Waals surface area contributed by atoms with Gasteiger partial charge in [-0.15, -0.1) is 0 Å². The average molecular weight is 172 g/mol. The quantitative estimate of drug-likeness (QED) is 0.517. The van der Waals surface area contributed by atoms with Crippen molar-refractivity contribution in [1.29, 1.82) is 0 Å². The lowest BCUT2D eigenvalue weighted by atomic mass is 10.1. The topological polar surface area (TPSA) is 37.3 Å². The third kappa shape index (κ3) is 2.66. The Bertz CT molecular complexity index is 211. The molecule has 70 valence electrons. The van der Waals surface area contributed by atoms with Gasteiger partial charge in [0.25, 0.3) is 0 Å². The molecule has 0 spiro atoms. The zero-order valence-corrected chi connectivity index (χ0v) is 8.51. The van der Waals surface area contributed by atoms with E-state index in [1.54, 1.807) is 0 Å². The molecule has 0 heterocycles.